The number of aromatic hydroxyl groups is 1. The summed E-state index contributed by atoms with van der Waals surface area (Å²) in [6.45, 7) is 0.250. The smallest absolute Gasteiger partial charge is 0.151 e. The topological polar surface area (TPSA) is 78.3 Å². The van der Waals surface area contributed by atoms with Crippen LogP contribution in [0.2, 0.25) is 0 Å². The Morgan fingerprint density at radius 3 is 2.55 bits per heavy atom. The molecule has 0 atom stereocenters. The van der Waals surface area contributed by atoms with Crippen molar-refractivity contribution in [1.29, 1.82) is 0 Å². The molecular weight excluding hydrogens is 406 g/mol. The molecule has 7 heteroatoms. The molecular formula is C22H22ClN3O2S. The SMILES string of the molecule is Cl.OCCCCc1ccc(-c2cc3ncnc(Nc4cccc(O)c4)c3s2)cc1. The van der Waals surface area contributed by atoms with Crippen LogP contribution in [0.1, 0.15) is 18.4 Å². The van der Waals surface area contributed by atoms with Gasteiger partial charge >= 0.3 is 0 Å². The molecule has 2 aromatic carbocycles. The number of anilines is 2. The number of nitrogens with one attached hydrogen (secondary N) is 1. The van der Waals surface area contributed by atoms with E-state index in [1.165, 1.54) is 5.56 Å². The highest BCUT2D eigenvalue weighted by Crippen LogP contribution is 2.36. The van der Waals surface area contributed by atoms with Gasteiger partial charge in [-0.25, -0.2) is 9.97 Å². The van der Waals surface area contributed by atoms with Crippen molar-refractivity contribution in [2.24, 2.45) is 0 Å². The number of phenolic OH excluding ortho intramolecular Hbond substituents is 1. The number of aromatic nitrogens is 2. The van der Waals surface area contributed by atoms with Crippen LogP contribution in [0.15, 0.2) is 60.9 Å². The summed E-state index contributed by atoms with van der Waals surface area (Å²) in [6, 6.07) is 17.6. The first-order chi connectivity index (χ1) is 13.7. The maximum absolute atomic E-state index is 9.67. The molecule has 0 bridgehead atoms. The van der Waals surface area contributed by atoms with Crippen molar-refractivity contribution in [2.75, 3.05) is 11.9 Å². The first-order valence-corrected chi connectivity index (χ1v) is 10.1. The van der Waals surface area contributed by atoms with Gasteiger partial charge in [0.15, 0.2) is 5.82 Å². The fourth-order valence-electron chi connectivity index (χ4n) is 3.08. The Kier molecular flexibility index (Phi) is 7.04. The molecule has 0 saturated carbocycles. The lowest BCUT2D eigenvalue weighted by Crippen LogP contribution is -1.93. The zero-order chi connectivity index (χ0) is 19.3. The number of thiophene rings is 1. The van der Waals surface area contributed by atoms with Crippen molar-refractivity contribution in [1.82, 2.24) is 9.97 Å². The van der Waals surface area contributed by atoms with Gasteiger partial charge in [0.05, 0.1) is 10.2 Å². The second kappa shape index (κ2) is 9.69. The molecule has 0 amide bonds. The van der Waals surface area contributed by atoms with Crippen molar-refractivity contribution in [3.05, 3.63) is 66.5 Å². The summed E-state index contributed by atoms with van der Waals surface area (Å²) >= 11 is 1.64. The number of aryl methyl sites for hydroxylation is 1. The normalized spacial score (nSPS) is 10.7. The molecule has 29 heavy (non-hydrogen) atoms. The maximum atomic E-state index is 9.67. The van der Waals surface area contributed by atoms with Gasteiger partial charge in [-0.15, -0.1) is 23.7 Å². The molecule has 0 radical (unpaired) electrons. The van der Waals surface area contributed by atoms with Gasteiger partial charge in [-0.2, -0.15) is 0 Å². The van der Waals surface area contributed by atoms with E-state index in [1.807, 2.05) is 6.07 Å². The van der Waals surface area contributed by atoms with Crippen LogP contribution in [-0.4, -0.2) is 26.8 Å². The zero-order valence-corrected chi connectivity index (χ0v) is 17.3. The highest BCUT2D eigenvalue weighted by Gasteiger charge is 2.11. The van der Waals surface area contributed by atoms with Crippen LogP contribution in [0.25, 0.3) is 20.7 Å². The molecule has 5 nitrogen and oxygen atoms in total. The monoisotopic (exact) mass is 427 g/mol. The van der Waals surface area contributed by atoms with E-state index in [9.17, 15) is 5.11 Å². The molecule has 2 aromatic heterocycles. The van der Waals surface area contributed by atoms with Gasteiger partial charge in [-0.05, 0) is 48.6 Å². The summed E-state index contributed by atoms with van der Waals surface area (Å²) in [6.07, 6.45) is 4.37. The summed E-state index contributed by atoms with van der Waals surface area (Å²) in [4.78, 5) is 9.92. The number of nitrogens with zero attached hydrogens (tertiary/aromatic N) is 2. The largest absolute Gasteiger partial charge is 0.508 e. The standard InChI is InChI=1S/C22H21N3O2S.ClH/c26-11-2-1-4-15-7-9-16(10-8-15)20-13-19-21(28-20)22(24-14-23-19)25-17-5-3-6-18(27)12-17;/h3,5-10,12-14,26-27H,1-2,4,11H2,(H,23,24,25);1H. The number of hydrogen-bond donors (Lipinski definition) is 3. The molecule has 4 rings (SSSR count). The second-order valence-corrected chi connectivity index (χ2v) is 7.65. The van der Waals surface area contributed by atoms with Gasteiger partial charge in [-0.3, -0.25) is 0 Å². The number of rotatable bonds is 7. The Hall–Kier alpha value is -2.67. The van der Waals surface area contributed by atoms with E-state index in [2.05, 4.69) is 45.6 Å². The number of aliphatic hydroxyl groups is 1. The predicted molar refractivity (Wildman–Crippen MR) is 122 cm³/mol. The fourth-order valence-corrected chi connectivity index (χ4v) is 4.14. The number of hydrogen-bond acceptors (Lipinski definition) is 6. The average Bonchev–Trinajstić information content (AvgIpc) is 3.14. The summed E-state index contributed by atoms with van der Waals surface area (Å²) in [7, 11) is 0. The Bertz CT molecular complexity index is 1080. The molecule has 0 aliphatic carbocycles. The van der Waals surface area contributed by atoms with Crippen LogP contribution >= 0.6 is 23.7 Å². The van der Waals surface area contributed by atoms with Gasteiger partial charge in [-0.1, -0.05) is 30.3 Å². The van der Waals surface area contributed by atoms with Crippen LogP contribution in [-0.2, 0) is 6.42 Å². The van der Waals surface area contributed by atoms with E-state index in [-0.39, 0.29) is 24.8 Å². The minimum Gasteiger partial charge on any atom is -0.508 e. The van der Waals surface area contributed by atoms with Gasteiger partial charge in [0, 0.05) is 23.2 Å². The highest BCUT2D eigenvalue weighted by atomic mass is 35.5. The van der Waals surface area contributed by atoms with Crippen LogP contribution in [0, 0.1) is 0 Å². The average molecular weight is 428 g/mol. The van der Waals surface area contributed by atoms with Crippen LogP contribution in [0.5, 0.6) is 5.75 Å². The molecule has 0 fully saturated rings. The third-order valence-electron chi connectivity index (χ3n) is 4.53. The van der Waals surface area contributed by atoms with Crippen molar-refractivity contribution < 1.29 is 10.2 Å². The lowest BCUT2D eigenvalue weighted by atomic mass is 10.1. The number of halogens is 1. The van der Waals surface area contributed by atoms with E-state index < -0.39 is 0 Å². The molecule has 0 aliphatic rings. The third-order valence-corrected chi connectivity index (χ3v) is 5.71. The summed E-state index contributed by atoms with van der Waals surface area (Å²) in [5.41, 5.74) is 4.11. The van der Waals surface area contributed by atoms with Gasteiger partial charge in [0.1, 0.15) is 12.1 Å². The number of benzene rings is 2. The summed E-state index contributed by atoms with van der Waals surface area (Å²) < 4.78 is 0.980. The number of phenols is 1. The van der Waals surface area contributed by atoms with Crippen molar-refractivity contribution in [3.63, 3.8) is 0 Å². The van der Waals surface area contributed by atoms with E-state index in [4.69, 9.17) is 5.11 Å². The Morgan fingerprint density at radius 2 is 1.79 bits per heavy atom. The minimum atomic E-state index is 0. The van der Waals surface area contributed by atoms with Crippen molar-refractivity contribution in [2.45, 2.75) is 19.3 Å². The van der Waals surface area contributed by atoms with Crippen LogP contribution < -0.4 is 5.32 Å². The highest BCUT2D eigenvalue weighted by molar-refractivity contribution is 7.22. The van der Waals surface area contributed by atoms with Crippen LogP contribution in [0.4, 0.5) is 11.5 Å². The Morgan fingerprint density at radius 1 is 0.966 bits per heavy atom. The predicted octanol–water partition coefficient (Wildman–Crippen LogP) is 5.54. The van der Waals surface area contributed by atoms with Gasteiger partial charge in [0.25, 0.3) is 0 Å². The van der Waals surface area contributed by atoms with Crippen molar-refractivity contribution >= 4 is 45.5 Å². The molecule has 0 unspecified atom stereocenters. The van der Waals surface area contributed by atoms with Gasteiger partial charge in [0.2, 0.25) is 0 Å². The third kappa shape index (κ3) is 5.03. The molecule has 4 aromatic rings. The molecule has 0 spiro atoms. The Balaban J connectivity index is 0.00000240. The summed E-state index contributed by atoms with van der Waals surface area (Å²) in [5.74, 6) is 0.939. The first kappa shape index (κ1) is 21.0. The first-order valence-electron chi connectivity index (χ1n) is 9.24. The second-order valence-electron chi connectivity index (χ2n) is 6.60. The zero-order valence-electron chi connectivity index (χ0n) is 15.7. The maximum Gasteiger partial charge on any atom is 0.151 e. The molecule has 150 valence electrons. The van der Waals surface area contributed by atoms with Gasteiger partial charge < -0.3 is 15.5 Å². The quantitative estimate of drug-likeness (QED) is 0.337. The Labute approximate surface area is 179 Å². The van der Waals surface area contributed by atoms with E-state index >= 15 is 0 Å². The molecule has 0 saturated heterocycles. The van der Waals surface area contributed by atoms with Crippen LogP contribution in [0.3, 0.4) is 0 Å². The van der Waals surface area contributed by atoms with E-state index in [0.717, 1.165) is 51.4 Å². The molecule has 2 heterocycles. The van der Waals surface area contributed by atoms with E-state index in [1.54, 1.807) is 35.9 Å². The molecule has 0 aliphatic heterocycles. The number of unbranched alkanes of at least 4 members (excludes halogenated alkanes) is 1. The van der Waals surface area contributed by atoms with Crippen molar-refractivity contribution in [3.8, 4) is 16.2 Å². The number of aliphatic hydroxyl groups excluding tert-OH is 1. The van der Waals surface area contributed by atoms with E-state index in [0.29, 0.717) is 0 Å². The lowest BCUT2D eigenvalue weighted by Gasteiger charge is -2.06. The number of fused-ring (bicyclic) bond motifs is 1. The minimum absolute atomic E-state index is 0. The fraction of sp³-hybridized carbons (Fsp3) is 0.182. The lowest BCUT2D eigenvalue weighted by molar-refractivity contribution is 0.284. The summed E-state index contributed by atoms with van der Waals surface area (Å²) in [5, 5.41) is 21.8. The molecule has 3 N–H and O–H groups in total.